The molecule has 0 radical (unpaired) electrons. The number of nitrogens with zero attached hydrogens (tertiary/aromatic N) is 2. The average molecular weight is 372 g/mol. The van der Waals surface area contributed by atoms with Gasteiger partial charge in [-0.3, -0.25) is 9.36 Å². The number of ether oxygens (including phenoxy) is 1. The van der Waals surface area contributed by atoms with Gasteiger partial charge in [-0.2, -0.15) is 0 Å². The van der Waals surface area contributed by atoms with E-state index in [2.05, 4.69) is 9.72 Å². The van der Waals surface area contributed by atoms with Crippen molar-refractivity contribution in [2.75, 3.05) is 7.11 Å². The van der Waals surface area contributed by atoms with Crippen molar-refractivity contribution < 1.29 is 13.9 Å². The first kappa shape index (κ1) is 18.3. The third-order valence-corrected chi connectivity index (χ3v) is 5.17. The van der Waals surface area contributed by atoms with Gasteiger partial charge in [-0.1, -0.05) is 30.8 Å². The van der Waals surface area contributed by atoms with E-state index in [1.54, 1.807) is 22.8 Å². The molecule has 7 heteroatoms. The number of carbonyl (C=O) groups is 1. The number of aromatic nitrogens is 2. The summed E-state index contributed by atoms with van der Waals surface area (Å²) in [6.07, 6.45) is 0.820. The number of carbonyl (C=O) groups excluding carboxylic acids is 1. The van der Waals surface area contributed by atoms with Crippen molar-refractivity contribution in [3.63, 3.8) is 0 Å². The molecule has 0 N–H and O–H groups in total. The van der Waals surface area contributed by atoms with E-state index in [4.69, 9.17) is 4.42 Å². The molecule has 0 spiro atoms. The fourth-order valence-corrected chi connectivity index (χ4v) is 3.59. The summed E-state index contributed by atoms with van der Waals surface area (Å²) >= 11 is 1.41. The van der Waals surface area contributed by atoms with Gasteiger partial charge in [0, 0.05) is 6.04 Å². The van der Waals surface area contributed by atoms with Crippen LogP contribution in [0.25, 0.3) is 10.9 Å². The molecular weight excluding hydrogens is 352 g/mol. The Morgan fingerprint density at radius 2 is 2.08 bits per heavy atom. The summed E-state index contributed by atoms with van der Waals surface area (Å²) in [6, 6.07) is 10.7. The second kappa shape index (κ2) is 7.78. The van der Waals surface area contributed by atoms with Crippen LogP contribution in [0.1, 0.15) is 42.6 Å². The van der Waals surface area contributed by atoms with Crippen LogP contribution in [0.15, 0.2) is 50.8 Å². The molecule has 0 aliphatic heterocycles. The Bertz CT molecular complexity index is 993. The summed E-state index contributed by atoms with van der Waals surface area (Å²) in [5.74, 6) is 0.724. The van der Waals surface area contributed by atoms with Crippen molar-refractivity contribution >= 4 is 28.6 Å². The van der Waals surface area contributed by atoms with Crippen molar-refractivity contribution in [1.82, 2.24) is 9.55 Å². The van der Waals surface area contributed by atoms with Crippen LogP contribution in [0, 0.1) is 0 Å². The number of fused-ring (bicyclic) bond motifs is 1. The van der Waals surface area contributed by atoms with Gasteiger partial charge in [0.1, 0.15) is 5.76 Å². The van der Waals surface area contributed by atoms with Crippen molar-refractivity contribution in [3.05, 3.63) is 58.3 Å². The van der Waals surface area contributed by atoms with Gasteiger partial charge in [-0.05, 0) is 37.6 Å². The molecule has 0 amide bonds. The summed E-state index contributed by atoms with van der Waals surface area (Å²) in [5, 5.41) is 1.25. The van der Waals surface area contributed by atoms with E-state index in [-0.39, 0.29) is 17.4 Å². The molecule has 0 aliphatic carbocycles. The second-order valence-corrected chi connectivity index (χ2v) is 6.83. The summed E-state index contributed by atoms with van der Waals surface area (Å²) in [7, 11) is 1.31. The van der Waals surface area contributed by atoms with Crippen molar-refractivity contribution in [1.29, 1.82) is 0 Å². The van der Waals surface area contributed by atoms with Gasteiger partial charge in [0.2, 0.25) is 5.76 Å². The van der Waals surface area contributed by atoms with E-state index in [1.807, 2.05) is 32.0 Å². The van der Waals surface area contributed by atoms with Crippen LogP contribution in [0.4, 0.5) is 0 Å². The summed E-state index contributed by atoms with van der Waals surface area (Å²) in [4.78, 5) is 29.1. The van der Waals surface area contributed by atoms with Crippen molar-refractivity contribution in [3.8, 4) is 0 Å². The molecule has 0 bridgehead atoms. The third-order valence-electron chi connectivity index (χ3n) is 4.20. The Morgan fingerprint density at radius 3 is 2.81 bits per heavy atom. The molecule has 3 aromatic rings. The molecule has 1 aromatic carbocycles. The van der Waals surface area contributed by atoms with Crippen molar-refractivity contribution in [2.45, 2.75) is 37.2 Å². The summed E-state index contributed by atoms with van der Waals surface area (Å²) < 4.78 is 11.9. The van der Waals surface area contributed by atoms with Gasteiger partial charge in [0.05, 0.1) is 23.8 Å². The zero-order valence-electron chi connectivity index (χ0n) is 14.9. The topological polar surface area (TPSA) is 74.3 Å². The van der Waals surface area contributed by atoms with E-state index < -0.39 is 5.97 Å². The maximum absolute atomic E-state index is 12.9. The molecule has 0 aliphatic rings. The zero-order valence-corrected chi connectivity index (χ0v) is 15.7. The van der Waals surface area contributed by atoms with E-state index in [0.717, 1.165) is 6.42 Å². The maximum Gasteiger partial charge on any atom is 0.373 e. The molecule has 136 valence electrons. The van der Waals surface area contributed by atoms with E-state index in [9.17, 15) is 9.59 Å². The highest BCUT2D eigenvalue weighted by Crippen LogP contribution is 2.26. The minimum atomic E-state index is -0.512. The fourth-order valence-electron chi connectivity index (χ4n) is 2.60. The molecule has 6 nitrogen and oxygen atoms in total. The quantitative estimate of drug-likeness (QED) is 0.369. The number of hydrogen-bond acceptors (Lipinski definition) is 6. The maximum atomic E-state index is 12.9. The van der Waals surface area contributed by atoms with Gasteiger partial charge < -0.3 is 9.15 Å². The molecule has 0 saturated heterocycles. The minimum Gasteiger partial charge on any atom is -0.463 e. The number of benzene rings is 1. The van der Waals surface area contributed by atoms with Crippen molar-refractivity contribution in [2.24, 2.45) is 0 Å². The molecule has 0 fully saturated rings. The lowest BCUT2D eigenvalue weighted by molar-refractivity contribution is 0.0563. The van der Waals surface area contributed by atoms with Gasteiger partial charge in [-0.25, -0.2) is 9.78 Å². The fraction of sp³-hybridized carbons (Fsp3) is 0.316. The predicted molar refractivity (Wildman–Crippen MR) is 101 cm³/mol. The number of hydrogen-bond donors (Lipinski definition) is 0. The third kappa shape index (κ3) is 3.53. The van der Waals surface area contributed by atoms with E-state index >= 15 is 0 Å². The highest BCUT2D eigenvalue weighted by atomic mass is 32.2. The lowest BCUT2D eigenvalue weighted by Crippen LogP contribution is -2.26. The van der Waals surface area contributed by atoms with E-state index in [0.29, 0.717) is 27.6 Å². The highest BCUT2D eigenvalue weighted by Gasteiger charge is 2.17. The van der Waals surface area contributed by atoms with Gasteiger partial charge in [0.25, 0.3) is 5.56 Å². The molecule has 2 aromatic heterocycles. The first-order chi connectivity index (χ1) is 12.5. The van der Waals surface area contributed by atoms with E-state index in [1.165, 1.54) is 18.9 Å². The number of thioether (sulfide) groups is 1. The Labute approximate surface area is 155 Å². The normalized spacial score (nSPS) is 12.3. The zero-order chi connectivity index (χ0) is 18.7. The second-order valence-electron chi connectivity index (χ2n) is 5.89. The van der Waals surface area contributed by atoms with Crippen LogP contribution in [-0.2, 0) is 10.5 Å². The number of para-hydroxylation sites is 1. The largest absolute Gasteiger partial charge is 0.463 e. The lowest BCUT2D eigenvalue weighted by atomic mass is 10.2. The van der Waals surface area contributed by atoms with Crippen LogP contribution in [0.3, 0.4) is 0 Å². The first-order valence-electron chi connectivity index (χ1n) is 8.36. The Kier molecular flexibility index (Phi) is 5.46. The SMILES string of the molecule is CC[C@H](C)n1c(SCc2ccc(C(=O)OC)o2)nc2ccccc2c1=O. The van der Waals surface area contributed by atoms with Gasteiger partial charge in [-0.15, -0.1) is 0 Å². The molecule has 3 rings (SSSR count). The Hall–Kier alpha value is -2.54. The Balaban J connectivity index is 1.94. The Morgan fingerprint density at radius 1 is 1.31 bits per heavy atom. The summed E-state index contributed by atoms with van der Waals surface area (Å²) in [6.45, 7) is 4.04. The molecule has 26 heavy (non-hydrogen) atoms. The molecule has 0 saturated carbocycles. The number of esters is 1. The van der Waals surface area contributed by atoms with Gasteiger partial charge >= 0.3 is 5.97 Å². The van der Waals surface area contributed by atoms with Crippen LogP contribution < -0.4 is 5.56 Å². The van der Waals surface area contributed by atoms with Crippen LogP contribution in [-0.4, -0.2) is 22.6 Å². The molecular formula is C19H20N2O4S. The lowest BCUT2D eigenvalue weighted by Gasteiger charge is -2.17. The molecule has 0 unspecified atom stereocenters. The molecule has 2 heterocycles. The number of furan rings is 1. The number of methoxy groups -OCH3 is 1. The highest BCUT2D eigenvalue weighted by molar-refractivity contribution is 7.98. The standard InChI is InChI=1S/C19H20N2O4S/c1-4-12(2)21-17(22)14-7-5-6-8-15(14)20-19(21)26-11-13-9-10-16(25-13)18(23)24-3/h5-10,12H,4,11H2,1-3H3/t12-/m0/s1. The average Bonchev–Trinajstić information content (AvgIpc) is 3.14. The van der Waals surface area contributed by atoms with Gasteiger partial charge in [0.15, 0.2) is 5.16 Å². The summed E-state index contributed by atoms with van der Waals surface area (Å²) in [5.41, 5.74) is 0.636. The van der Waals surface area contributed by atoms with Crippen LogP contribution in [0.2, 0.25) is 0 Å². The van der Waals surface area contributed by atoms with Crippen LogP contribution in [0.5, 0.6) is 0 Å². The smallest absolute Gasteiger partial charge is 0.373 e. The number of rotatable bonds is 6. The predicted octanol–water partition coefficient (Wildman–Crippen LogP) is 4.04. The first-order valence-corrected chi connectivity index (χ1v) is 9.34. The minimum absolute atomic E-state index is 0.0318. The van der Waals surface area contributed by atoms with Crippen LogP contribution >= 0.6 is 11.8 Å². The monoisotopic (exact) mass is 372 g/mol. The molecule has 1 atom stereocenters.